The van der Waals surface area contributed by atoms with Crippen LogP contribution in [0.4, 0.5) is 8.78 Å². The minimum Gasteiger partial charge on any atom is -0.475 e. The third-order valence-electron chi connectivity index (χ3n) is 2.80. The fourth-order valence-corrected chi connectivity index (χ4v) is 1.81. The van der Waals surface area contributed by atoms with E-state index in [-0.39, 0.29) is 17.1 Å². The van der Waals surface area contributed by atoms with Crippen LogP contribution in [0.25, 0.3) is 5.69 Å². The highest BCUT2D eigenvalue weighted by molar-refractivity contribution is 5.83. The monoisotopic (exact) mass is 281 g/mol. The quantitative estimate of drug-likeness (QED) is 0.935. The van der Waals surface area contributed by atoms with Crippen LogP contribution in [-0.2, 0) is 6.42 Å². The first-order chi connectivity index (χ1) is 9.43. The maximum atomic E-state index is 13.9. The molecule has 0 radical (unpaired) electrons. The lowest BCUT2D eigenvalue weighted by Gasteiger charge is -2.07. The normalized spacial score (nSPS) is 10.8. The number of aryl methyl sites for hydroxylation is 2. The van der Waals surface area contributed by atoms with Gasteiger partial charge in [0.05, 0.1) is 0 Å². The van der Waals surface area contributed by atoms with Crippen LogP contribution < -0.4 is 0 Å². The molecule has 0 aliphatic carbocycles. The van der Waals surface area contributed by atoms with Crippen molar-refractivity contribution in [1.82, 2.24) is 14.8 Å². The molecule has 1 heterocycles. The lowest BCUT2D eigenvalue weighted by Crippen LogP contribution is -2.07. The van der Waals surface area contributed by atoms with E-state index in [1.54, 1.807) is 0 Å². The number of hydrogen-bond acceptors (Lipinski definition) is 3. The second-order valence-electron chi connectivity index (χ2n) is 4.37. The number of nitrogens with zero attached hydrogens (tertiary/aromatic N) is 3. The summed E-state index contributed by atoms with van der Waals surface area (Å²) in [5.74, 6) is -2.73. The highest BCUT2D eigenvalue weighted by atomic mass is 19.1. The summed E-state index contributed by atoms with van der Waals surface area (Å²) < 4.78 is 28.6. The van der Waals surface area contributed by atoms with Crippen molar-refractivity contribution in [2.75, 3.05) is 0 Å². The average molecular weight is 281 g/mol. The SMILES string of the molecule is CCCc1nc(C(=O)O)nn1-c1cc(F)c(C)cc1F. The molecule has 106 valence electrons. The van der Waals surface area contributed by atoms with Gasteiger partial charge in [-0.05, 0) is 25.0 Å². The van der Waals surface area contributed by atoms with E-state index in [0.29, 0.717) is 12.8 Å². The molecular weight excluding hydrogens is 268 g/mol. The molecule has 0 amide bonds. The summed E-state index contributed by atoms with van der Waals surface area (Å²) in [4.78, 5) is 14.7. The predicted octanol–water partition coefficient (Wildman–Crippen LogP) is 2.50. The summed E-state index contributed by atoms with van der Waals surface area (Å²) in [5.41, 5.74) is 0.0263. The Morgan fingerprint density at radius 3 is 2.65 bits per heavy atom. The zero-order valence-electron chi connectivity index (χ0n) is 11.0. The molecule has 0 saturated carbocycles. The zero-order valence-corrected chi connectivity index (χ0v) is 11.0. The van der Waals surface area contributed by atoms with Gasteiger partial charge in [0.2, 0.25) is 0 Å². The van der Waals surface area contributed by atoms with Gasteiger partial charge in [-0.3, -0.25) is 0 Å². The van der Waals surface area contributed by atoms with Gasteiger partial charge in [0, 0.05) is 12.5 Å². The number of aromatic nitrogens is 3. The van der Waals surface area contributed by atoms with Gasteiger partial charge in [-0.2, -0.15) is 0 Å². The molecule has 1 aromatic carbocycles. The zero-order chi connectivity index (χ0) is 14.9. The predicted molar refractivity (Wildman–Crippen MR) is 67.0 cm³/mol. The van der Waals surface area contributed by atoms with E-state index in [0.717, 1.165) is 16.8 Å². The van der Waals surface area contributed by atoms with Crippen LogP contribution in [0, 0.1) is 18.6 Å². The van der Waals surface area contributed by atoms with Crippen LogP contribution in [0.2, 0.25) is 0 Å². The Morgan fingerprint density at radius 1 is 1.35 bits per heavy atom. The van der Waals surface area contributed by atoms with Crippen molar-refractivity contribution in [3.8, 4) is 5.69 Å². The van der Waals surface area contributed by atoms with Crippen molar-refractivity contribution in [2.24, 2.45) is 0 Å². The fourth-order valence-electron chi connectivity index (χ4n) is 1.81. The summed E-state index contributed by atoms with van der Waals surface area (Å²) in [6.45, 7) is 3.31. The van der Waals surface area contributed by atoms with Crippen LogP contribution >= 0.6 is 0 Å². The summed E-state index contributed by atoms with van der Waals surface area (Å²) in [6.07, 6.45) is 1.09. The summed E-state index contributed by atoms with van der Waals surface area (Å²) >= 11 is 0. The molecule has 0 saturated heterocycles. The summed E-state index contributed by atoms with van der Waals surface area (Å²) in [5, 5.41) is 12.6. The minimum atomic E-state index is -1.31. The number of hydrogen-bond donors (Lipinski definition) is 1. The van der Waals surface area contributed by atoms with E-state index < -0.39 is 23.4 Å². The van der Waals surface area contributed by atoms with E-state index in [1.807, 2.05) is 6.92 Å². The number of benzene rings is 1. The topological polar surface area (TPSA) is 68.0 Å². The van der Waals surface area contributed by atoms with Crippen molar-refractivity contribution >= 4 is 5.97 Å². The van der Waals surface area contributed by atoms with E-state index in [2.05, 4.69) is 10.1 Å². The molecule has 1 aromatic heterocycles. The molecule has 0 aliphatic rings. The highest BCUT2D eigenvalue weighted by Crippen LogP contribution is 2.19. The van der Waals surface area contributed by atoms with Crippen molar-refractivity contribution in [2.45, 2.75) is 26.7 Å². The summed E-state index contributed by atoms with van der Waals surface area (Å²) in [6, 6.07) is 2.03. The minimum absolute atomic E-state index is 0.142. The van der Waals surface area contributed by atoms with E-state index in [9.17, 15) is 13.6 Å². The second kappa shape index (κ2) is 5.36. The maximum Gasteiger partial charge on any atom is 0.375 e. The number of carboxylic acid groups (broad SMARTS) is 1. The molecule has 0 unspecified atom stereocenters. The van der Waals surface area contributed by atoms with Crippen molar-refractivity contribution in [3.63, 3.8) is 0 Å². The maximum absolute atomic E-state index is 13.9. The van der Waals surface area contributed by atoms with Crippen molar-refractivity contribution in [1.29, 1.82) is 0 Å². The van der Waals surface area contributed by atoms with Crippen LogP contribution in [-0.4, -0.2) is 25.8 Å². The van der Waals surface area contributed by atoms with Crippen molar-refractivity contribution < 1.29 is 18.7 Å². The Hall–Kier alpha value is -2.31. The summed E-state index contributed by atoms with van der Waals surface area (Å²) in [7, 11) is 0. The Balaban J connectivity index is 2.61. The molecule has 5 nitrogen and oxygen atoms in total. The standard InChI is InChI=1S/C13H13F2N3O2/c1-3-4-11-16-12(13(19)20)17-18(11)10-6-8(14)7(2)5-9(10)15/h5-6H,3-4H2,1-2H3,(H,19,20). The Morgan fingerprint density at radius 2 is 2.05 bits per heavy atom. The molecule has 0 atom stereocenters. The van der Waals surface area contributed by atoms with Gasteiger partial charge in [-0.25, -0.2) is 23.2 Å². The average Bonchev–Trinajstić information content (AvgIpc) is 2.78. The Bertz CT molecular complexity index is 668. The molecule has 2 rings (SSSR count). The van der Waals surface area contributed by atoms with E-state index >= 15 is 0 Å². The van der Waals surface area contributed by atoms with Gasteiger partial charge in [0.1, 0.15) is 23.1 Å². The lowest BCUT2D eigenvalue weighted by atomic mass is 10.2. The van der Waals surface area contributed by atoms with Crippen LogP contribution in [0.3, 0.4) is 0 Å². The van der Waals surface area contributed by atoms with Crippen molar-refractivity contribution in [3.05, 3.63) is 41.0 Å². The number of halogens is 2. The third kappa shape index (κ3) is 2.52. The highest BCUT2D eigenvalue weighted by Gasteiger charge is 2.19. The lowest BCUT2D eigenvalue weighted by molar-refractivity contribution is 0.0683. The molecule has 0 spiro atoms. The number of aromatic carboxylic acids is 1. The molecule has 2 aromatic rings. The Labute approximate surface area is 113 Å². The van der Waals surface area contributed by atoms with Gasteiger partial charge in [0.15, 0.2) is 0 Å². The first-order valence-electron chi connectivity index (χ1n) is 6.09. The first kappa shape index (κ1) is 14.1. The molecule has 20 heavy (non-hydrogen) atoms. The van der Waals surface area contributed by atoms with Crippen LogP contribution in [0.5, 0.6) is 0 Å². The van der Waals surface area contributed by atoms with Gasteiger partial charge < -0.3 is 5.11 Å². The smallest absolute Gasteiger partial charge is 0.375 e. The number of carbonyl (C=O) groups is 1. The van der Waals surface area contributed by atoms with Crippen LogP contribution in [0.1, 0.15) is 35.4 Å². The molecule has 0 bridgehead atoms. The van der Waals surface area contributed by atoms with E-state index in [4.69, 9.17) is 5.11 Å². The van der Waals surface area contributed by atoms with Gasteiger partial charge in [0.25, 0.3) is 5.82 Å². The number of carboxylic acids is 1. The van der Waals surface area contributed by atoms with Gasteiger partial charge >= 0.3 is 5.97 Å². The molecule has 1 N–H and O–H groups in total. The van der Waals surface area contributed by atoms with E-state index in [1.165, 1.54) is 6.92 Å². The molecule has 0 aliphatic heterocycles. The fraction of sp³-hybridized carbons (Fsp3) is 0.308. The first-order valence-corrected chi connectivity index (χ1v) is 6.09. The number of rotatable bonds is 4. The van der Waals surface area contributed by atoms with Gasteiger partial charge in [-0.1, -0.05) is 6.92 Å². The Kier molecular flexibility index (Phi) is 3.78. The molecule has 7 heteroatoms. The molecule has 0 fully saturated rings. The van der Waals surface area contributed by atoms with Gasteiger partial charge in [-0.15, -0.1) is 5.10 Å². The largest absolute Gasteiger partial charge is 0.475 e. The van der Waals surface area contributed by atoms with Crippen LogP contribution in [0.15, 0.2) is 12.1 Å². The second-order valence-corrected chi connectivity index (χ2v) is 4.37. The third-order valence-corrected chi connectivity index (χ3v) is 2.80. The molecular formula is C13H13F2N3O2.